The van der Waals surface area contributed by atoms with E-state index in [-0.39, 0.29) is 0 Å². The molecule has 0 aromatic carbocycles. The fourth-order valence-electron chi connectivity index (χ4n) is 1.44. The molecule has 5 unspecified atom stereocenters. The van der Waals surface area contributed by atoms with Crippen molar-refractivity contribution in [3.05, 3.63) is 12.3 Å². The van der Waals surface area contributed by atoms with Gasteiger partial charge in [0.1, 0.15) is 29.9 Å². The minimum atomic E-state index is -1.34. The van der Waals surface area contributed by atoms with E-state index in [0.717, 1.165) is 0 Å². The van der Waals surface area contributed by atoms with E-state index in [0.29, 0.717) is 11.5 Å². The molecule has 6 nitrogen and oxygen atoms in total. The molecule has 1 aliphatic rings. The first-order valence-electron chi connectivity index (χ1n) is 5.15. The van der Waals surface area contributed by atoms with Crippen LogP contribution < -0.4 is 0 Å². The van der Waals surface area contributed by atoms with Crippen LogP contribution >= 0.6 is 11.8 Å². The summed E-state index contributed by atoms with van der Waals surface area (Å²) in [5.74, 6) is 0.895. The van der Waals surface area contributed by atoms with Gasteiger partial charge >= 0.3 is 0 Å². The van der Waals surface area contributed by atoms with Gasteiger partial charge in [-0.3, -0.25) is 0 Å². The van der Waals surface area contributed by atoms with Crippen molar-refractivity contribution in [2.75, 3.05) is 19.5 Å². The van der Waals surface area contributed by atoms with Gasteiger partial charge in [0.25, 0.3) is 0 Å². The smallest absolute Gasteiger partial charge is 0.132 e. The van der Waals surface area contributed by atoms with Crippen molar-refractivity contribution in [2.24, 2.45) is 0 Å². The topological polar surface area (TPSA) is 99.4 Å². The highest BCUT2D eigenvalue weighted by molar-refractivity contribution is 7.99. The number of hydrogen-bond acceptors (Lipinski definition) is 7. The van der Waals surface area contributed by atoms with E-state index >= 15 is 0 Å². The number of methoxy groups -OCH3 is 1. The molecule has 17 heavy (non-hydrogen) atoms. The van der Waals surface area contributed by atoms with Gasteiger partial charge in [-0.25, -0.2) is 0 Å². The molecule has 1 heterocycles. The highest BCUT2D eigenvalue weighted by atomic mass is 32.2. The fourth-order valence-corrected chi connectivity index (χ4v) is 2.49. The van der Waals surface area contributed by atoms with Crippen molar-refractivity contribution in [1.82, 2.24) is 0 Å². The number of thioether (sulfide) groups is 1. The molecule has 0 spiro atoms. The Labute approximate surface area is 104 Å². The SMILES string of the molecule is C=C(CSC1OC(CO)C(O)C(O)C1O)OC. The number of aliphatic hydroxyl groups is 4. The second kappa shape index (κ2) is 6.58. The molecule has 0 radical (unpaired) electrons. The summed E-state index contributed by atoms with van der Waals surface area (Å²) in [6.45, 7) is 3.19. The zero-order valence-electron chi connectivity index (χ0n) is 9.52. The van der Waals surface area contributed by atoms with Crippen LogP contribution in [-0.4, -0.2) is 69.7 Å². The molecule has 1 rings (SSSR count). The standard InChI is InChI=1S/C10H18O6S/c1-5(15-2)4-17-10-9(14)8(13)7(12)6(3-11)16-10/h6-14H,1,3-4H2,2H3. The van der Waals surface area contributed by atoms with Gasteiger partial charge in [0.05, 0.1) is 25.2 Å². The van der Waals surface area contributed by atoms with Gasteiger partial charge in [-0.05, 0) is 0 Å². The summed E-state index contributed by atoms with van der Waals surface area (Å²) in [5.41, 5.74) is -0.738. The third-order valence-electron chi connectivity index (χ3n) is 2.55. The molecular weight excluding hydrogens is 248 g/mol. The zero-order valence-corrected chi connectivity index (χ0v) is 10.3. The first-order chi connectivity index (χ1) is 8.01. The van der Waals surface area contributed by atoms with Crippen LogP contribution in [0.3, 0.4) is 0 Å². The lowest BCUT2D eigenvalue weighted by Gasteiger charge is -2.39. The van der Waals surface area contributed by atoms with Crippen LogP contribution in [0, 0.1) is 0 Å². The van der Waals surface area contributed by atoms with Crippen molar-refractivity contribution in [1.29, 1.82) is 0 Å². The lowest BCUT2D eigenvalue weighted by atomic mass is 10.0. The predicted molar refractivity (Wildman–Crippen MR) is 62.4 cm³/mol. The van der Waals surface area contributed by atoms with E-state index in [9.17, 15) is 15.3 Å². The number of ether oxygens (including phenoxy) is 2. The van der Waals surface area contributed by atoms with Crippen LogP contribution in [-0.2, 0) is 9.47 Å². The Morgan fingerprint density at radius 1 is 1.29 bits per heavy atom. The molecular formula is C10H18O6S. The first-order valence-corrected chi connectivity index (χ1v) is 6.20. The van der Waals surface area contributed by atoms with Gasteiger partial charge in [-0.15, -0.1) is 11.8 Å². The van der Waals surface area contributed by atoms with Crippen molar-refractivity contribution in [2.45, 2.75) is 29.9 Å². The number of hydrogen-bond donors (Lipinski definition) is 4. The molecule has 0 aliphatic carbocycles. The van der Waals surface area contributed by atoms with Gasteiger partial charge in [0, 0.05) is 0 Å². The maximum Gasteiger partial charge on any atom is 0.132 e. The molecule has 0 amide bonds. The average Bonchev–Trinajstić information content (AvgIpc) is 2.34. The second-order valence-corrected chi connectivity index (χ2v) is 4.84. The van der Waals surface area contributed by atoms with E-state index < -0.39 is 36.5 Å². The Hall–Kier alpha value is -0.310. The number of aliphatic hydroxyl groups excluding tert-OH is 4. The lowest BCUT2D eigenvalue weighted by Crippen LogP contribution is -2.57. The average molecular weight is 266 g/mol. The van der Waals surface area contributed by atoms with E-state index in [2.05, 4.69) is 6.58 Å². The van der Waals surface area contributed by atoms with Crippen molar-refractivity contribution < 1.29 is 29.9 Å². The van der Waals surface area contributed by atoms with Gasteiger partial charge < -0.3 is 29.9 Å². The van der Waals surface area contributed by atoms with E-state index in [1.54, 1.807) is 0 Å². The highest BCUT2D eigenvalue weighted by Crippen LogP contribution is 2.29. The van der Waals surface area contributed by atoms with Crippen LogP contribution in [0.1, 0.15) is 0 Å². The molecule has 0 aromatic rings. The number of rotatable bonds is 5. The van der Waals surface area contributed by atoms with Crippen molar-refractivity contribution in [3.63, 3.8) is 0 Å². The molecule has 5 atom stereocenters. The quantitative estimate of drug-likeness (QED) is 0.458. The molecule has 4 N–H and O–H groups in total. The maximum atomic E-state index is 9.70. The van der Waals surface area contributed by atoms with Gasteiger partial charge in [0.2, 0.25) is 0 Å². The van der Waals surface area contributed by atoms with E-state index in [1.807, 2.05) is 0 Å². The molecule has 1 aliphatic heterocycles. The Kier molecular flexibility index (Phi) is 5.71. The largest absolute Gasteiger partial charge is 0.501 e. The summed E-state index contributed by atoms with van der Waals surface area (Å²) < 4.78 is 10.1. The molecule has 0 bridgehead atoms. The highest BCUT2D eigenvalue weighted by Gasteiger charge is 2.43. The van der Waals surface area contributed by atoms with E-state index in [4.69, 9.17) is 14.6 Å². The molecule has 1 saturated heterocycles. The lowest BCUT2D eigenvalue weighted by molar-refractivity contribution is -0.205. The fraction of sp³-hybridized carbons (Fsp3) is 0.800. The minimum Gasteiger partial charge on any atom is -0.501 e. The summed E-state index contributed by atoms with van der Waals surface area (Å²) >= 11 is 1.18. The Morgan fingerprint density at radius 3 is 2.47 bits per heavy atom. The molecule has 0 saturated carbocycles. The summed E-state index contributed by atoms with van der Waals surface area (Å²) in [6, 6.07) is 0. The maximum absolute atomic E-state index is 9.70. The van der Waals surface area contributed by atoms with Crippen LogP contribution in [0.4, 0.5) is 0 Å². The van der Waals surface area contributed by atoms with Crippen LogP contribution in [0.15, 0.2) is 12.3 Å². The van der Waals surface area contributed by atoms with Gasteiger partial charge in [0.15, 0.2) is 0 Å². The van der Waals surface area contributed by atoms with Gasteiger partial charge in [-0.2, -0.15) is 0 Å². The summed E-state index contributed by atoms with van der Waals surface area (Å²) in [6.07, 6.45) is -4.75. The third-order valence-corrected chi connectivity index (χ3v) is 3.75. The summed E-state index contributed by atoms with van der Waals surface area (Å²) in [4.78, 5) is 0. The summed E-state index contributed by atoms with van der Waals surface area (Å²) in [7, 11) is 1.48. The molecule has 7 heteroatoms. The van der Waals surface area contributed by atoms with Crippen LogP contribution in [0.2, 0.25) is 0 Å². The molecule has 0 aromatic heterocycles. The zero-order chi connectivity index (χ0) is 13.0. The molecule has 100 valence electrons. The summed E-state index contributed by atoms with van der Waals surface area (Å²) in [5, 5.41) is 37.8. The second-order valence-electron chi connectivity index (χ2n) is 3.75. The van der Waals surface area contributed by atoms with Crippen molar-refractivity contribution >= 4 is 11.8 Å². The van der Waals surface area contributed by atoms with Crippen LogP contribution in [0.25, 0.3) is 0 Å². The van der Waals surface area contributed by atoms with E-state index in [1.165, 1.54) is 18.9 Å². The normalized spacial score (nSPS) is 37.8. The Bertz CT molecular complexity index is 259. The first kappa shape index (κ1) is 14.7. The predicted octanol–water partition coefficient (Wildman–Crippen LogP) is -1.32. The van der Waals surface area contributed by atoms with Gasteiger partial charge in [-0.1, -0.05) is 6.58 Å². The molecule has 1 fully saturated rings. The Balaban J connectivity index is 2.56. The monoisotopic (exact) mass is 266 g/mol. The van der Waals surface area contributed by atoms with Crippen LogP contribution in [0.5, 0.6) is 0 Å². The minimum absolute atomic E-state index is 0.388. The Morgan fingerprint density at radius 2 is 1.94 bits per heavy atom. The van der Waals surface area contributed by atoms with Crippen molar-refractivity contribution in [3.8, 4) is 0 Å². The third kappa shape index (κ3) is 3.57.